The molecule has 0 amide bonds. The molecule has 26 heavy (non-hydrogen) atoms. The van der Waals surface area contributed by atoms with Crippen LogP contribution in [0, 0.1) is 19.7 Å². The summed E-state index contributed by atoms with van der Waals surface area (Å²) in [5, 5.41) is 0.670. The first kappa shape index (κ1) is 17.4. The van der Waals surface area contributed by atoms with Crippen molar-refractivity contribution >= 4 is 21.6 Å². The van der Waals surface area contributed by atoms with Crippen LogP contribution < -0.4 is 5.56 Å². The van der Waals surface area contributed by atoms with Crippen LogP contribution in [0.5, 0.6) is 0 Å². The minimum absolute atomic E-state index is 0.0331. The Bertz CT molecular complexity index is 1010. The van der Waals surface area contributed by atoms with Crippen LogP contribution in [0.1, 0.15) is 29.6 Å². The van der Waals surface area contributed by atoms with Crippen molar-refractivity contribution < 1.29 is 4.39 Å². The fourth-order valence-corrected chi connectivity index (χ4v) is 5.00. The molecule has 0 N–H and O–H groups in total. The summed E-state index contributed by atoms with van der Waals surface area (Å²) in [6.07, 6.45) is 1.92. The Labute approximate surface area is 155 Å². The topological polar surface area (TPSA) is 38.1 Å². The summed E-state index contributed by atoms with van der Waals surface area (Å²) in [4.78, 5) is 22.3. The van der Waals surface area contributed by atoms with Gasteiger partial charge in [0.1, 0.15) is 16.5 Å². The molecule has 1 aliphatic heterocycles. The van der Waals surface area contributed by atoms with E-state index in [9.17, 15) is 9.18 Å². The molecule has 136 valence electrons. The highest BCUT2D eigenvalue weighted by Crippen LogP contribution is 2.36. The van der Waals surface area contributed by atoms with Crippen molar-refractivity contribution in [2.24, 2.45) is 0 Å². The summed E-state index contributed by atoms with van der Waals surface area (Å²) in [6.45, 7) is 5.90. The lowest BCUT2D eigenvalue weighted by molar-refractivity contribution is 0.216. The maximum absolute atomic E-state index is 13.4. The van der Waals surface area contributed by atoms with E-state index in [0.29, 0.717) is 5.39 Å². The van der Waals surface area contributed by atoms with E-state index in [0.717, 1.165) is 52.6 Å². The second-order valence-corrected chi connectivity index (χ2v) is 8.29. The van der Waals surface area contributed by atoms with E-state index in [1.165, 1.54) is 23.5 Å². The Morgan fingerprint density at radius 3 is 2.46 bits per heavy atom. The van der Waals surface area contributed by atoms with Crippen LogP contribution in [0.3, 0.4) is 0 Å². The van der Waals surface area contributed by atoms with Gasteiger partial charge in [-0.1, -0.05) is 12.1 Å². The third-order valence-corrected chi connectivity index (χ3v) is 6.30. The predicted octanol–water partition coefficient (Wildman–Crippen LogP) is 4.15. The normalized spacial score (nSPS) is 16.5. The van der Waals surface area contributed by atoms with Crippen molar-refractivity contribution in [3.8, 4) is 11.1 Å². The number of aryl methyl sites for hydroxylation is 2. The van der Waals surface area contributed by atoms with Crippen molar-refractivity contribution in [1.29, 1.82) is 0 Å². The Balaban J connectivity index is 1.92. The molecule has 3 aromatic rings. The summed E-state index contributed by atoms with van der Waals surface area (Å²) in [7, 11) is 2.11. The minimum Gasteiger partial charge on any atom is -0.306 e. The maximum Gasteiger partial charge on any atom is 0.263 e. The molecule has 1 aromatic carbocycles. The number of benzene rings is 1. The van der Waals surface area contributed by atoms with Gasteiger partial charge in [-0.15, -0.1) is 11.3 Å². The molecule has 1 saturated heterocycles. The van der Waals surface area contributed by atoms with Crippen molar-refractivity contribution in [3.63, 3.8) is 0 Å². The molecular weight excluding hydrogens is 349 g/mol. The van der Waals surface area contributed by atoms with Crippen LogP contribution in [0.15, 0.2) is 29.1 Å². The molecule has 0 saturated carbocycles. The van der Waals surface area contributed by atoms with Crippen LogP contribution in [-0.2, 0) is 0 Å². The van der Waals surface area contributed by atoms with Crippen LogP contribution >= 0.6 is 11.3 Å². The Morgan fingerprint density at radius 1 is 1.15 bits per heavy atom. The van der Waals surface area contributed by atoms with E-state index < -0.39 is 0 Å². The van der Waals surface area contributed by atoms with E-state index in [1.54, 1.807) is 12.1 Å². The number of hydrogen-bond acceptors (Lipinski definition) is 4. The van der Waals surface area contributed by atoms with Gasteiger partial charge >= 0.3 is 0 Å². The second kappa shape index (κ2) is 6.59. The molecule has 4 rings (SSSR count). The van der Waals surface area contributed by atoms with Crippen molar-refractivity contribution in [3.05, 3.63) is 51.1 Å². The summed E-state index contributed by atoms with van der Waals surface area (Å²) < 4.78 is 15.2. The third kappa shape index (κ3) is 2.87. The summed E-state index contributed by atoms with van der Waals surface area (Å²) in [5.41, 5.74) is 1.79. The molecule has 0 spiro atoms. The molecule has 0 bridgehead atoms. The smallest absolute Gasteiger partial charge is 0.263 e. The molecule has 4 nitrogen and oxygen atoms in total. The highest BCUT2D eigenvalue weighted by molar-refractivity contribution is 7.19. The largest absolute Gasteiger partial charge is 0.306 e. The van der Waals surface area contributed by atoms with Gasteiger partial charge in [0.05, 0.1) is 5.39 Å². The maximum atomic E-state index is 13.4. The summed E-state index contributed by atoms with van der Waals surface area (Å²) in [6, 6.07) is 6.55. The first-order chi connectivity index (χ1) is 12.5. The average Bonchev–Trinajstić information content (AvgIpc) is 2.93. The number of likely N-dealkylation sites (tertiary alicyclic amines) is 1. The molecule has 0 radical (unpaired) electrons. The molecule has 6 heteroatoms. The third-order valence-electron chi connectivity index (χ3n) is 5.30. The van der Waals surface area contributed by atoms with Gasteiger partial charge < -0.3 is 4.90 Å². The van der Waals surface area contributed by atoms with Crippen LogP contribution in [0.25, 0.3) is 21.3 Å². The Hall–Kier alpha value is -2.05. The van der Waals surface area contributed by atoms with E-state index in [4.69, 9.17) is 4.98 Å². The lowest BCUT2D eigenvalue weighted by Gasteiger charge is -2.31. The minimum atomic E-state index is -0.274. The molecular formula is C20H22FN3OS. The van der Waals surface area contributed by atoms with Crippen molar-refractivity contribution in [1.82, 2.24) is 14.5 Å². The van der Waals surface area contributed by atoms with Crippen molar-refractivity contribution in [2.45, 2.75) is 32.7 Å². The van der Waals surface area contributed by atoms with Gasteiger partial charge in [-0.25, -0.2) is 9.37 Å². The summed E-state index contributed by atoms with van der Waals surface area (Å²) in [5.74, 6) is 0.507. The number of fused-ring (bicyclic) bond motifs is 1. The van der Waals surface area contributed by atoms with Gasteiger partial charge in [-0.05, 0) is 64.5 Å². The number of halogens is 1. The van der Waals surface area contributed by atoms with E-state index in [1.807, 2.05) is 18.4 Å². The molecule has 0 unspecified atom stereocenters. The molecule has 0 aliphatic carbocycles. The van der Waals surface area contributed by atoms with Crippen LogP contribution in [-0.4, -0.2) is 34.6 Å². The van der Waals surface area contributed by atoms with Crippen LogP contribution in [0.2, 0.25) is 0 Å². The molecule has 1 fully saturated rings. The summed E-state index contributed by atoms with van der Waals surface area (Å²) >= 11 is 1.54. The standard InChI is InChI=1S/C20H22FN3OS/c1-12-17(14-4-6-15(21)7-5-14)18-19(26-12)22-13(2)24(20(18)25)16-8-10-23(3)11-9-16/h4-7,16H,8-11H2,1-3H3. The molecule has 1 aliphatic rings. The molecule has 2 aromatic heterocycles. The number of aromatic nitrogens is 2. The zero-order valence-electron chi connectivity index (χ0n) is 15.3. The first-order valence-corrected chi connectivity index (χ1v) is 9.74. The van der Waals surface area contributed by atoms with Crippen molar-refractivity contribution in [2.75, 3.05) is 20.1 Å². The number of nitrogens with zero attached hydrogens (tertiary/aromatic N) is 3. The first-order valence-electron chi connectivity index (χ1n) is 8.92. The van der Waals surface area contributed by atoms with E-state index in [2.05, 4.69) is 11.9 Å². The van der Waals surface area contributed by atoms with Crippen LogP contribution in [0.4, 0.5) is 4.39 Å². The van der Waals surface area contributed by atoms with Gasteiger partial charge in [-0.3, -0.25) is 9.36 Å². The SMILES string of the molecule is Cc1sc2nc(C)n(C3CCN(C)CC3)c(=O)c2c1-c1ccc(F)cc1. The quantitative estimate of drug-likeness (QED) is 0.679. The number of rotatable bonds is 2. The zero-order chi connectivity index (χ0) is 18.4. The average molecular weight is 371 g/mol. The van der Waals surface area contributed by atoms with Gasteiger partial charge in [0.15, 0.2) is 0 Å². The molecule has 3 heterocycles. The Morgan fingerprint density at radius 2 is 1.81 bits per heavy atom. The highest BCUT2D eigenvalue weighted by atomic mass is 32.1. The van der Waals surface area contributed by atoms with Gasteiger partial charge in [0, 0.05) is 16.5 Å². The fraction of sp³-hybridized carbons (Fsp3) is 0.400. The van der Waals surface area contributed by atoms with Gasteiger partial charge in [0.25, 0.3) is 5.56 Å². The predicted molar refractivity (Wildman–Crippen MR) is 105 cm³/mol. The number of piperidine rings is 1. The zero-order valence-corrected chi connectivity index (χ0v) is 16.1. The van der Waals surface area contributed by atoms with E-state index in [-0.39, 0.29) is 17.4 Å². The number of thiophene rings is 1. The lowest BCUT2D eigenvalue weighted by atomic mass is 10.0. The lowest BCUT2D eigenvalue weighted by Crippen LogP contribution is -2.36. The van der Waals surface area contributed by atoms with E-state index >= 15 is 0 Å². The number of hydrogen-bond donors (Lipinski definition) is 0. The molecule has 0 atom stereocenters. The Kier molecular flexibility index (Phi) is 4.40. The monoisotopic (exact) mass is 371 g/mol. The fourth-order valence-electron chi connectivity index (χ4n) is 3.92. The second-order valence-electron chi connectivity index (χ2n) is 7.09. The van der Waals surface area contributed by atoms with Gasteiger partial charge in [-0.2, -0.15) is 0 Å². The highest BCUT2D eigenvalue weighted by Gasteiger charge is 2.24. The van der Waals surface area contributed by atoms with Gasteiger partial charge in [0.2, 0.25) is 0 Å².